The summed E-state index contributed by atoms with van der Waals surface area (Å²) in [6.07, 6.45) is 1.08. The van der Waals surface area contributed by atoms with Gasteiger partial charge in [-0.05, 0) is 50.6 Å². The molecule has 9 heteroatoms. The number of fused-ring (bicyclic) bond motifs is 1. The second kappa shape index (κ2) is 9.20. The average Bonchev–Trinajstić information content (AvgIpc) is 2.96. The lowest BCUT2D eigenvalue weighted by Crippen LogP contribution is -2.37. The molecule has 3 rings (SSSR count). The first-order chi connectivity index (χ1) is 15.1. The van der Waals surface area contributed by atoms with E-state index in [0.717, 1.165) is 11.2 Å². The Morgan fingerprint density at radius 1 is 1.06 bits per heavy atom. The zero-order chi connectivity index (χ0) is 23.6. The van der Waals surface area contributed by atoms with Crippen LogP contribution in [-0.2, 0) is 9.84 Å². The third-order valence-electron chi connectivity index (χ3n) is 5.04. The molecule has 172 valence electrons. The predicted octanol–water partition coefficient (Wildman–Crippen LogP) is 3.30. The van der Waals surface area contributed by atoms with Crippen LogP contribution < -0.4 is 14.8 Å². The van der Waals surface area contributed by atoms with E-state index in [-0.39, 0.29) is 17.2 Å². The monoisotopic (exact) mass is 460 g/mol. The molecule has 0 bridgehead atoms. The average molecular weight is 461 g/mol. The van der Waals surface area contributed by atoms with Crippen LogP contribution in [0.1, 0.15) is 53.1 Å². The summed E-state index contributed by atoms with van der Waals surface area (Å²) in [4.78, 5) is 27.8. The van der Waals surface area contributed by atoms with Gasteiger partial charge in [0.05, 0.1) is 36.6 Å². The number of nitrogens with one attached hydrogen (secondary N) is 1. The molecule has 1 aliphatic heterocycles. The number of benzene rings is 2. The van der Waals surface area contributed by atoms with Gasteiger partial charge in [-0.15, -0.1) is 0 Å². The minimum absolute atomic E-state index is 0.0422. The third kappa shape index (κ3) is 4.72. The van der Waals surface area contributed by atoms with Crippen molar-refractivity contribution in [1.82, 2.24) is 4.90 Å². The maximum absolute atomic E-state index is 13.5. The van der Waals surface area contributed by atoms with Gasteiger partial charge < -0.3 is 14.8 Å². The topological polar surface area (TPSA) is 102 Å². The largest absolute Gasteiger partial charge is 0.493 e. The predicted molar refractivity (Wildman–Crippen MR) is 122 cm³/mol. The van der Waals surface area contributed by atoms with Gasteiger partial charge in [-0.3, -0.25) is 14.5 Å². The fourth-order valence-electron chi connectivity index (χ4n) is 3.79. The SMILES string of the molecule is CCOc1cc([C@@H](CS(C)(=O)=O)N2C(=O)c3cccc(NC(C)C)c3C2=O)ccc1OC. The molecule has 32 heavy (non-hydrogen) atoms. The Kier molecular flexibility index (Phi) is 6.78. The first kappa shape index (κ1) is 23.6. The Hall–Kier alpha value is -3.07. The summed E-state index contributed by atoms with van der Waals surface area (Å²) >= 11 is 0. The van der Waals surface area contributed by atoms with E-state index in [1.54, 1.807) is 36.4 Å². The highest BCUT2D eigenvalue weighted by Gasteiger charge is 2.43. The van der Waals surface area contributed by atoms with Crippen molar-refractivity contribution in [1.29, 1.82) is 0 Å². The van der Waals surface area contributed by atoms with Crippen molar-refractivity contribution in [3.05, 3.63) is 53.1 Å². The smallest absolute Gasteiger partial charge is 0.264 e. The van der Waals surface area contributed by atoms with E-state index in [9.17, 15) is 18.0 Å². The van der Waals surface area contributed by atoms with Gasteiger partial charge in [-0.2, -0.15) is 0 Å². The van der Waals surface area contributed by atoms with Crippen molar-refractivity contribution in [2.75, 3.05) is 31.0 Å². The molecule has 1 heterocycles. The number of hydrogen-bond donors (Lipinski definition) is 1. The molecule has 1 atom stereocenters. The summed E-state index contributed by atoms with van der Waals surface area (Å²) in [6, 6.07) is 8.94. The first-order valence-electron chi connectivity index (χ1n) is 10.3. The molecule has 0 aromatic heterocycles. The highest BCUT2D eigenvalue weighted by molar-refractivity contribution is 7.90. The molecule has 0 fully saturated rings. The molecule has 2 aromatic carbocycles. The van der Waals surface area contributed by atoms with Crippen LogP contribution in [0.15, 0.2) is 36.4 Å². The standard InChI is InChI=1S/C23H28N2O6S/c1-6-31-20-12-15(10-11-19(20)30-4)18(13-32(5,28)29)25-22(26)16-8-7-9-17(24-14(2)3)21(16)23(25)27/h7-12,14,18,24H,6,13H2,1-5H3/t18-/m1/s1. The van der Waals surface area contributed by atoms with E-state index in [1.165, 1.54) is 7.11 Å². The van der Waals surface area contributed by atoms with Gasteiger partial charge in [0.1, 0.15) is 9.84 Å². The zero-order valence-corrected chi connectivity index (χ0v) is 19.7. The number of methoxy groups -OCH3 is 1. The number of imide groups is 1. The Labute approximate surface area is 188 Å². The normalized spacial score (nSPS) is 14.5. The highest BCUT2D eigenvalue weighted by atomic mass is 32.2. The van der Waals surface area contributed by atoms with Crippen LogP contribution in [0, 0.1) is 0 Å². The van der Waals surface area contributed by atoms with Gasteiger partial charge >= 0.3 is 0 Å². The fourth-order valence-corrected chi connectivity index (χ4v) is 4.71. The van der Waals surface area contributed by atoms with E-state index in [2.05, 4.69) is 5.32 Å². The van der Waals surface area contributed by atoms with E-state index < -0.39 is 33.4 Å². The molecule has 0 radical (unpaired) electrons. The number of sulfone groups is 1. The molecule has 2 aromatic rings. The van der Waals surface area contributed by atoms with Crippen LogP contribution in [0.5, 0.6) is 11.5 Å². The Morgan fingerprint density at radius 3 is 2.38 bits per heavy atom. The second-order valence-corrected chi connectivity index (χ2v) is 10.1. The third-order valence-corrected chi connectivity index (χ3v) is 5.96. The number of hydrogen-bond acceptors (Lipinski definition) is 7. The van der Waals surface area contributed by atoms with Gasteiger partial charge in [0, 0.05) is 18.0 Å². The molecule has 8 nitrogen and oxygen atoms in total. The van der Waals surface area contributed by atoms with Crippen molar-refractivity contribution in [3.63, 3.8) is 0 Å². The first-order valence-corrected chi connectivity index (χ1v) is 12.4. The molecule has 0 saturated heterocycles. The number of rotatable bonds is 9. The molecular weight excluding hydrogens is 432 g/mol. The van der Waals surface area contributed by atoms with Crippen molar-refractivity contribution < 1.29 is 27.5 Å². The minimum Gasteiger partial charge on any atom is -0.493 e. The maximum atomic E-state index is 13.5. The van der Waals surface area contributed by atoms with E-state index >= 15 is 0 Å². The summed E-state index contributed by atoms with van der Waals surface area (Å²) in [7, 11) is -2.05. The van der Waals surface area contributed by atoms with Crippen LogP contribution in [0.3, 0.4) is 0 Å². The second-order valence-electron chi connectivity index (χ2n) is 7.96. The zero-order valence-electron chi connectivity index (χ0n) is 18.8. The van der Waals surface area contributed by atoms with Crippen LogP contribution in [0.2, 0.25) is 0 Å². The number of carbonyl (C=O) groups excluding carboxylic acids is 2. The van der Waals surface area contributed by atoms with E-state index in [1.807, 2.05) is 20.8 Å². The summed E-state index contributed by atoms with van der Waals surface area (Å²) in [5.41, 5.74) is 1.51. The molecule has 2 amide bonds. The molecule has 1 N–H and O–H groups in total. The van der Waals surface area contributed by atoms with Crippen molar-refractivity contribution in [2.24, 2.45) is 0 Å². The summed E-state index contributed by atoms with van der Waals surface area (Å²) in [5, 5.41) is 3.19. The van der Waals surface area contributed by atoms with Gasteiger partial charge in [-0.1, -0.05) is 12.1 Å². The molecule has 1 aliphatic rings. The van der Waals surface area contributed by atoms with Crippen molar-refractivity contribution in [3.8, 4) is 11.5 Å². The fraction of sp³-hybridized carbons (Fsp3) is 0.391. The van der Waals surface area contributed by atoms with Crippen LogP contribution >= 0.6 is 0 Å². The molecule has 0 unspecified atom stereocenters. The molecule has 0 saturated carbocycles. The van der Waals surface area contributed by atoms with Gasteiger partial charge in [-0.25, -0.2) is 8.42 Å². The summed E-state index contributed by atoms with van der Waals surface area (Å²) in [5.74, 6) is -0.594. The van der Waals surface area contributed by atoms with Crippen molar-refractivity contribution >= 4 is 27.3 Å². The van der Waals surface area contributed by atoms with Crippen molar-refractivity contribution in [2.45, 2.75) is 32.9 Å². The Balaban J connectivity index is 2.12. The maximum Gasteiger partial charge on any atom is 0.264 e. The Morgan fingerprint density at radius 2 is 1.78 bits per heavy atom. The Bertz CT molecular complexity index is 1140. The lowest BCUT2D eigenvalue weighted by atomic mass is 10.1. The van der Waals surface area contributed by atoms with E-state index in [4.69, 9.17) is 9.47 Å². The molecule has 0 spiro atoms. The number of ether oxygens (including phenoxy) is 2. The minimum atomic E-state index is -3.55. The van der Waals surface area contributed by atoms with Crippen LogP contribution in [0.25, 0.3) is 0 Å². The summed E-state index contributed by atoms with van der Waals surface area (Å²) in [6.45, 7) is 6.04. The quantitative estimate of drug-likeness (QED) is 0.573. The molecular formula is C23H28N2O6S. The highest BCUT2D eigenvalue weighted by Crippen LogP contribution is 2.38. The van der Waals surface area contributed by atoms with E-state index in [0.29, 0.717) is 29.4 Å². The van der Waals surface area contributed by atoms with Gasteiger partial charge in [0.15, 0.2) is 11.5 Å². The molecule has 0 aliphatic carbocycles. The number of nitrogens with zero attached hydrogens (tertiary/aromatic N) is 1. The van der Waals surface area contributed by atoms with Crippen LogP contribution in [-0.4, -0.2) is 56.9 Å². The summed E-state index contributed by atoms with van der Waals surface area (Å²) < 4.78 is 35.5. The lowest BCUT2D eigenvalue weighted by Gasteiger charge is -2.27. The number of amides is 2. The lowest BCUT2D eigenvalue weighted by molar-refractivity contribution is 0.0597. The number of carbonyl (C=O) groups is 2. The van der Waals surface area contributed by atoms with Gasteiger partial charge in [0.2, 0.25) is 0 Å². The van der Waals surface area contributed by atoms with Gasteiger partial charge in [0.25, 0.3) is 11.8 Å². The van der Waals surface area contributed by atoms with Crippen LogP contribution in [0.4, 0.5) is 5.69 Å². The number of anilines is 1.